The van der Waals surface area contributed by atoms with Gasteiger partial charge in [0.25, 0.3) is 0 Å². The molecular formula is C18H44N2O12P4. The molecule has 36 heavy (non-hydrogen) atoms. The predicted molar refractivity (Wildman–Crippen MR) is 136 cm³/mol. The Morgan fingerprint density at radius 2 is 0.583 bits per heavy atom. The number of unbranched alkanes of at least 4 members (excludes halogenated alkanes) is 11. The first-order valence-electron chi connectivity index (χ1n) is 11.8. The molecule has 218 valence electrons. The summed E-state index contributed by atoms with van der Waals surface area (Å²) in [7, 11) is -13.6. The molecule has 0 rings (SSSR count). The fourth-order valence-corrected chi connectivity index (χ4v) is 8.93. The third kappa shape index (κ3) is 13.5. The molecule has 4 N–H and O–H groups in total. The lowest BCUT2D eigenvalue weighted by Crippen LogP contribution is -2.20. The maximum atomic E-state index is 12.0. The lowest BCUT2D eigenvalue weighted by molar-refractivity contribution is 0.223. The number of hydrogen-bond acceptors (Lipinski definition) is 8. The van der Waals surface area contributed by atoms with Crippen LogP contribution < -0.4 is 0 Å². The zero-order chi connectivity index (χ0) is 27.9. The molecule has 0 aliphatic heterocycles. The van der Waals surface area contributed by atoms with Crippen molar-refractivity contribution < 1.29 is 55.9 Å². The minimum absolute atomic E-state index is 0.0936. The molecule has 18 heteroatoms. The van der Waals surface area contributed by atoms with E-state index in [0.29, 0.717) is 21.7 Å². The van der Waals surface area contributed by atoms with Crippen LogP contribution in [0.5, 0.6) is 0 Å². The summed E-state index contributed by atoms with van der Waals surface area (Å²) < 4.78 is 66.7. The Labute approximate surface area is 214 Å². The molecular weight excluding hydrogens is 560 g/mol. The molecule has 0 bridgehead atoms. The van der Waals surface area contributed by atoms with Crippen LogP contribution in [0.3, 0.4) is 0 Å². The third-order valence-corrected chi connectivity index (χ3v) is 13.3. The van der Waals surface area contributed by atoms with Crippen LogP contribution in [0.1, 0.15) is 77.0 Å². The van der Waals surface area contributed by atoms with Crippen LogP contribution in [-0.4, -0.2) is 70.0 Å². The van der Waals surface area contributed by atoms with E-state index in [0.717, 1.165) is 92.6 Å². The number of nitrogens with zero attached hydrogens (tertiary/aromatic N) is 2. The molecule has 0 heterocycles. The molecule has 4 atom stereocenters. The van der Waals surface area contributed by atoms with Gasteiger partial charge in [0.15, 0.2) is 0 Å². The highest BCUT2D eigenvalue weighted by molar-refractivity contribution is 7.66. The van der Waals surface area contributed by atoms with E-state index in [1.54, 1.807) is 0 Å². The Bertz CT molecular complexity index is 690. The summed E-state index contributed by atoms with van der Waals surface area (Å²) in [6.45, 7) is -0.187. The quantitative estimate of drug-likeness (QED) is 0.0872. The first kappa shape index (κ1) is 36.5. The fourth-order valence-electron chi connectivity index (χ4n) is 3.44. The van der Waals surface area contributed by atoms with Gasteiger partial charge in [-0.15, -0.1) is 8.88 Å². The molecule has 0 aromatic carbocycles. The first-order chi connectivity index (χ1) is 16.7. The normalized spacial score (nSPS) is 19.1. The standard InChI is InChI=1S/C18H44N2O12P4/c1-29-33(21,22)19(34(23,24)30-2)17-15-13-11-9-7-5-6-8-10-12-14-16-18-20(35(25,26)31-3)36(27,28)32-4/h5-18H2,1-4H3,(H,21,22)(H,23,24)(H,25,26)(H,27,28). The molecule has 0 aliphatic rings. The zero-order valence-electron chi connectivity index (χ0n) is 21.6. The maximum Gasteiger partial charge on any atom is 0.414 e. The van der Waals surface area contributed by atoms with E-state index in [-0.39, 0.29) is 13.1 Å². The van der Waals surface area contributed by atoms with Crippen LogP contribution in [0.25, 0.3) is 0 Å². The maximum absolute atomic E-state index is 12.0. The van der Waals surface area contributed by atoms with Crippen molar-refractivity contribution in [2.45, 2.75) is 77.0 Å². The molecule has 0 radical (unpaired) electrons. The monoisotopic (exact) mass is 604 g/mol. The molecule has 0 aliphatic carbocycles. The minimum Gasteiger partial charge on any atom is -0.312 e. The van der Waals surface area contributed by atoms with E-state index in [1.807, 2.05) is 0 Å². The summed E-state index contributed by atoms with van der Waals surface area (Å²) >= 11 is 0. The summed E-state index contributed by atoms with van der Waals surface area (Å²) in [5.74, 6) is 0. The van der Waals surface area contributed by atoms with Gasteiger partial charge in [0.1, 0.15) is 0 Å². The molecule has 0 spiro atoms. The van der Waals surface area contributed by atoms with Crippen molar-refractivity contribution in [3.8, 4) is 0 Å². The van der Waals surface area contributed by atoms with Crippen LogP contribution in [0, 0.1) is 0 Å². The van der Waals surface area contributed by atoms with Gasteiger partial charge < -0.3 is 19.6 Å². The lowest BCUT2D eigenvalue weighted by Gasteiger charge is -2.27. The molecule has 0 fully saturated rings. The largest absolute Gasteiger partial charge is 0.414 e. The van der Waals surface area contributed by atoms with Gasteiger partial charge in [-0.05, 0) is 12.8 Å². The average molecular weight is 604 g/mol. The van der Waals surface area contributed by atoms with Gasteiger partial charge in [-0.2, -0.15) is 0 Å². The third-order valence-electron chi connectivity index (χ3n) is 5.58. The van der Waals surface area contributed by atoms with Crippen molar-refractivity contribution in [2.24, 2.45) is 0 Å². The van der Waals surface area contributed by atoms with Crippen molar-refractivity contribution in [2.75, 3.05) is 41.5 Å². The number of hydrogen-bond donors (Lipinski definition) is 4. The van der Waals surface area contributed by atoms with Gasteiger partial charge in [-0.3, -0.25) is 18.1 Å². The highest BCUT2D eigenvalue weighted by Crippen LogP contribution is 2.63. The van der Waals surface area contributed by atoms with Gasteiger partial charge in [-0.1, -0.05) is 64.2 Å². The van der Waals surface area contributed by atoms with Crippen LogP contribution >= 0.6 is 31.0 Å². The Kier molecular flexibility index (Phi) is 18.2. The molecule has 0 aromatic rings. The lowest BCUT2D eigenvalue weighted by atomic mass is 10.1. The van der Waals surface area contributed by atoms with Crippen molar-refractivity contribution in [1.29, 1.82) is 0 Å². The fraction of sp³-hybridized carbons (Fsp3) is 1.00. The van der Waals surface area contributed by atoms with Crippen molar-refractivity contribution in [1.82, 2.24) is 8.88 Å². The molecule has 0 amide bonds. The van der Waals surface area contributed by atoms with E-state index < -0.39 is 31.0 Å². The molecule has 0 aromatic heterocycles. The minimum atomic E-state index is -4.39. The van der Waals surface area contributed by atoms with Crippen molar-refractivity contribution in [3.05, 3.63) is 0 Å². The van der Waals surface area contributed by atoms with E-state index in [1.165, 1.54) is 0 Å². The predicted octanol–water partition coefficient (Wildman–Crippen LogP) is 5.26. The van der Waals surface area contributed by atoms with Crippen LogP contribution in [0.2, 0.25) is 0 Å². The van der Waals surface area contributed by atoms with Gasteiger partial charge in [0.2, 0.25) is 0 Å². The van der Waals surface area contributed by atoms with Gasteiger partial charge in [0.05, 0.1) is 0 Å². The Balaban J connectivity index is 3.96. The van der Waals surface area contributed by atoms with Crippen LogP contribution in [-0.2, 0) is 36.4 Å². The Morgan fingerprint density at radius 1 is 0.417 bits per heavy atom. The summed E-state index contributed by atoms with van der Waals surface area (Å²) in [5.41, 5.74) is 0. The molecule has 0 saturated heterocycles. The van der Waals surface area contributed by atoms with E-state index >= 15 is 0 Å². The van der Waals surface area contributed by atoms with E-state index in [4.69, 9.17) is 0 Å². The van der Waals surface area contributed by atoms with Gasteiger partial charge in [0, 0.05) is 41.5 Å². The smallest absolute Gasteiger partial charge is 0.312 e. The SMILES string of the molecule is COP(=O)(O)N(CCCCCCCCCCCCCCN(P(=O)(O)OC)P(=O)(O)OC)P(=O)(O)OC. The summed E-state index contributed by atoms with van der Waals surface area (Å²) in [6.07, 6.45) is 10.3. The van der Waals surface area contributed by atoms with Gasteiger partial charge in [-0.25, -0.2) is 18.3 Å². The molecule has 14 nitrogen and oxygen atoms in total. The van der Waals surface area contributed by atoms with Crippen molar-refractivity contribution >= 4 is 31.0 Å². The second-order valence-electron chi connectivity index (χ2n) is 8.13. The topological polar surface area (TPSA) is 193 Å². The number of rotatable bonds is 23. The Hall–Kier alpha value is 0.520. The molecule has 4 unspecified atom stereocenters. The van der Waals surface area contributed by atoms with Crippen LogP contribution in [0.4, 0.5) is 0 Å². The first-order valence-corrected chi connectivity index (χ1v) is 17.9. The average Bonchev–Trinajstić information content (AvgIpc) is 2.83. The van der Waals surface area contributed by atoms with Crippen molar-refractivity contribution in [3.63, 3.8) is 0 Å². The summed E-state index contributed by atoms with van der Waals surface area (Å²) in [5, 5.41) is 0. The highest BCUT2D eigenvalue weighted by Gasteiger charge is 2.43. The summed E-state index contributed by atoms with van der Waals surface area (Å²) in [6, 6.07) is 0. The zero-order valence-corrected chi connectivity index (χ0v) is 25.2. The highest BCUT2D eigenvalue weighted by atomic mass is 31.3. The second-order valence-corrected chi connectivity index (χ2v) is 16.1. The van der Waals surface area contributed by atoms with E-state index in [2.05, 4.69) is 18.1 Å². The van der Waals surface area contributed by atoms with E-state index in [9.17, 15) is 37.8 Å². The Morgan fingerprint density at radius 3 is 0.750 bits per heavy atom. The molecule has 0 saturated carbocycles. The second kappa shape index (κ2) is 18.0. The summed E-state index contributed by atoms with van der Waals surface area (Å²) in [4.78, 5) is 39.0. The van der Waals surface area contributed by atoms with Crippen LogP contribution in [0.15, 0.2) is 0 Å². The van der Waals surface area contributed by atoms with Gasteiger partial charge >= 0.3 is 31.0 Å².